The van der Waals surface area contributed by atoms with Crippen molar-refractivity contribution in [3.05, 3.63) is 35.4 Å². The molecule has 0 aliphatic heterocycles. The summed E-state index contributed by atoms with van der Waals surface area (Å²) in [5.41, 5.74) is 1.92. The molecule has 0 spiro atoms. The summed E-state index contributed by atoms with van der Waals surface area (Å²) in [5, 5.41) is 0. The predicted molar refractivity (Wildman–Crippen MR) is 70.4 cm³/mol. The maximum absolute atomic E-state index is 11.5. The minimum atomic E-state index is -4.07. The molecule has 0 aliphatic rings. The van der Waals surface area contributed by atoms with Gasteiger partial charge in [-0.05, 0) is 12.5 Å². The lowest BCUT2D eigenvalue weighted by Crippen LogP contribution is -2.31. The van der Waals surface area contributed by atoms with Crippen LogP contribution in [-0.4, -0.2) is 43.3 Å². The van der Waals surface area contributed by atoms with Gasteiger partial charge in [0.2, 0.25) is 0 Å². The molecule has 0 saturated carbocycles. The Kier molecular flexibility index (Phi) is 5.31. The largest absolute Gasteiger partial charge is 0.445 e. The molecule has 0 bridgehead atoms. The average molecular weight is 287 g/mol. The third-order valence-electron chi connectivity index (χ3n) is 2.44. The molecule has 7 heteroatoms. The van der Waals surface area contributed by atoms with Gasteiger partial charge in [0.1, 0.15) is 6.61 Å². The van der Waals surface area contributed by atoms with Crippen LogP contribution in [0, 0.1) is 6.92 Å². The molecule has 1 aromatic rings. The van der Waals surface area contributed by atoms with Gasteiger partial charge in [0.15, 0.2) is 0 Å². The quantitative estimate of drug-likeness (QED) is 0.829. The highest BCUT2D eigenvalue weighted by Crippen LogP contribution is 2.06. The first-order valence-electron chi connectivity index (χ1n) is 5.66. The Balaban J connectivity index is 2.42. The van der Waals surface area contributed by atoms with Gasteiger partial charge in [-0.3, -0.25) is 4.55 Å². The second kappa shape index (κ2) is 6.53. The zero-order valence-corrected chi connectivity index (χ0v) is 11.7. The number of hydrogen-bond donors (Lipinski definition) is 1. The number of carbonyl (C=O) groups is 1. The lowest BCUT2D eigenvalue weighted by atomic mass is 10.1. The van der Waals surface area contributed by atoms with E-state index in [2.05, 4.69) is 0 Å². The summed E-state index contributed by atoms with van der Waals surface area (Å²) in [4.78, 5) is 12.6. The number of rotatable bonds is 5. The van der Waals surface area contributed by atoms with E-state index in [0.29, 0.717) is 0 Å². The van der Waals surface area contributed by atoms with Gasteiger partial charge in [-0.1, -0.05) is 29.8 Å². The van der Waals surface area contributed by atoms with Crippen LogP contribution >= 0.6 is 0 Å². The first kappa shape index (κ1) is 15.5. The Morgan fingerprint density at radius 1 is 1.42 bits per heavy atom. The van der Waals surface area contributed by atoms with Crippen LogP contribution < -0.4 is 0 Å². The van der Waals surface area contributed by atoms with Crippen LogP contribution in [0.5, 0.6) is 0 Å². The topological polar surface area (TPSA) is 83.9 Å². The standard InChI is InChI=1S/C12H17NO5S/c1-10-4-3-5-11(8-10)9-18-12(14)13(2)6-7-19(15,16)17/h3-5,8H,6-7,9H2,1-2H3,(H,15,16,17). The van der Waals surface area contributed by atoms with Gasteiger partial charge in [-0.2, -0.15) is 8.42 Å². The smallest absolute Gasteiger partial charge is 0.409 e. The van der Waals surface area contributed by atoms with Crippen molar-refractivity contribution in [2.24, 2.45) is 0 Å². The monoisotopic (exact) mass is 287 g/mol. The van der Waals surface area contributed by atoms with E-state index >= 15 is 0 Å². The molecule has 0 saturated heterocycles. The number of aryl methyl sites for hydroxylation is 1. The summed E-state index contributed by atoms with van der Waals surface area (Å²) < 4.78 is 34.7. The molecule has 0 aliphatic carbocycles. The summed E-state index contributed by atoms with van der Waals surface area (Å²) in [6.45, 7) is 1.94. The molecule has 1 aromatic carbocycles. The fourth-order valence-electron chi connectivity index (χ4n) is 1.40. The summed E-state index contributed by atoms with van der Waals surface area (Å²) in [6, 6.07) is 7.52. The van der Waals surface area contributed by atoms with Crippen molar-refractivity contribution in [2.45, 2.75) is 13.5 Å². The highest BCUT2D eigenvalue weighted by molar-refractivity contribution is 7.85. The van der Waals surface area contributed by atoms with Gasteiger partial charge in [0, 0.05) is 13.6 Å². The van der Waals surface area contributed by atoms with Crippen molar-refractivity contribution in [3.63, 3.8) is 0 Å². The fraction of sp³-hybridized carbons (Fsp3) is 0.417. The number of amides is 1. The third-order valence-corrected chi connectivity index (χ3v) is 3.14. The van der Waals surface area contributed by atoms with Crippen LogP contribution in [0.25, 0.3) is 0 Å². The molecule has 19 heavy (non-hydrogen) atoms. The molecule has 0 heterocycles. The molecule has 6 nitrogen and oxygen atoms in total. The minimum absolute atomic E-state index is 0.120. The number of hydrogen-bond acceptors (Lipinski definition) is 4. The second-order valence-corrected chi connectivity index (χ2v) is 5.82. The van der Waals surface area contributed by atoms with E-state index in [0.717, 1.165) is 16.0 Å². The minimum Gasteiger partial charge on any atom is -0.445 e. The zero-order chi connectivity index (χ0) is 14.5. The van der Waals surface area contributed by atoms with Gasteiger partial charge >= 0.3 is 6.09 Å². The Morgan fingerprint density at radius 3 is 2.68 bits per heavy atom. The maximum atomic E-state index is 11.5. The lowest BCUT2D eigenvalue weighted by molar-refractivity contribution is 0.106. The van der Waals surface area contributed by atoms with Crippen LogP contribution in [0.4, 0.5) is 4.79 Å². The molecule has 0 radical (unpaired) electrons. The highest BCUT2D eigenvalue weighted by Gasteiger charge is 2.13. The number of nitrogens with zero attached hydrogens (tertiary/aromatic N) is 1. The normalized spacial score (nSPS) is 11.1. The van der Waals surface area contributed by atoms with E-state index in [1.54, 1.807) is 0 Å². The second-order valence-electron chi connectivity index (χ2n) is 4.25. The molecule has 106 valence electrons. The molecule has 1 rings (SSSR count). The number of ether oxygens (including phenoxy) is 1. The SMILES string of the molecule is Cc1cccc(COC(=O)N(C)CCS(=O)(=O)O)c1. The van der Waals surface area contributed by atoms with Crippen LogP contribution in [-0.2, 0) is 21.5 Å². The van der Waals surface area contributed by atoms with Crippen LogP contribution in [0.3, 0.4) is 0 Å². The average Bonchev–Trinajstić information content (AvgIpc) is 2.32. The van der Waals surface area contributed by atoms with Gasteiger partial charge < -0.3 is 9.64 Å². The predicted octanol–water partition coefficient (Wildman–Crippen LogP) is 1.45. The molecule has 0 fully saturated rings. The Hall–Kier alpha value is -1.60. The molecule has 0 unspecified atom stereocenters. The van der Waals surface area contributed by atoms with E-state index in [-0.39, 0.29) is 13.2 Å². The van der Waals surface area contributed by atoms with E-state index in [1.807, 2.05) is 31.2 Å². The van der Waals surface area contributed by atoms with Crippen LogP contribution in [0.1, 0.15) is 11.1 Å². The zero-order valence-electron chi connectivity index (χ0n) is 10.9. The van der Waals surface area contributed by atoms with E-state index < -0.39 is 22.0 Å². The van der Waals surface area contributed by atoms with Gasteiger partial charge in [0.05, 0.1) is 5.75 Å². The molecular weight excluding hydrogens is 270 g/mol. The summed E-state index contributed by atoms with van der Waals surface area (Å²) in [6.07, 6.45) is -0.634. The number of benzene rings is 1. The first-order valence-corrected chi connectivity index (χ1v) is 7.27. The van der Waals surface area contributed by atoms with E-state index in [1.165, 1.54) is 7.05 Å². The van der Waals surface area contributed by atoms with Crippen molar-refractivity contribution in [3.8, 4) is 0 Å². The van der Waals surface area contributed by atoms with Crippen LogP contribution in [0.2, 0.25) is 0 Å². The lowest BCUT2D eigenvalue weighted by Gasteiger charge is -2.16. The fourth-order valence-corrected chi connectivity index (χ4v) is 1.91. The van der Waals surface area contributed by atoms with E-state index in [9.17, 15) is 13.2 Å². The molecule has 0 atom stereocenters. The van der Waals surface area contributed by atoms with Crippen molar-refractivity contribution < 1.29 is 22.5 Å². The molecule has 1 amide bonds. The van der Waals surface area contributed by atoms with Crippen molar-refractivity contribution in [1.29, 1.82) is 0 Å². The van der Waals surface area contributed by atoms with Crippen molar-refractivity contribution in [2.75, 3.05) is 19.3 Å². The Labute approximate surface area is 112 Å². The molecule has 1 N–H and O–H groups in total. The highest BCUT2D eigenvalue weighted by atomic mass is 32.2. The number of carbonyl (C=O) groups excluding carboxylic acids is 1. The maximum Gasteiger partial charge on any atom is 0.409 e. The summed E-state index contributed by atoms with van der Waals surface area (Å²) >= 11 is 0. The molecular formula is C12H17NO5S. The third kappa shape index (κ3) is 6.21. The Bertz CT molecular complexity index is 541. The first-order chi connectivity index (χ1) is 8.78. The van der Waals surface area contributed by atoms with E-state index in [4.69, 9.17) is 9.29 Å². The van der Waals surface area contributed by atoms with Gasteiger partial charge in [-0.15, -0.1) is 0 Å². The summed E-state index contributed by atoms with van der Waals surface area (Å²) in [7, 11) is -2.67. The Morgan fingerprint density at radius 2 is 2.11 bits per heavy atom. The summed E-state index contributed by atoms with van der Waals surface area (Å²) in [5.74, 6) is -0.511. The van der Waals surface area contributed by atoms with Crippen molar-refractivity contribution >= 4 is 16.2 Å². The van der Waals surface area contributed by atoms with Gasteiger partial charge in [0.25, 0.3) is 10.1 Å². The van der Waals surface area contributed by atoms with Crippen LogP contribution in [0.15, 0.2) is 24.3 Å². The van der Waals surface area contributed by atoms with Gasteiger partial charge in [-0.25, -0.2) is 4.79 Å². The molecule has 0 aromatic heterocycles. The van der Waals surface area contributed by atoms with Crippen molar-refractivity contribution in [1.82, 2.24) is 4.90 Å².